The van der Waals surface area contributed by atoms with Crippen LogP contribution in [0.1, 0.15) is 39.7 Å². The number of rotatable bonds is 11. The van der Waals surface area contributed by atoms with Gasteiger partial charge in [-0.1, -0.05) is 75.4 Å². The largest absolute Gasteiger partial charge is 0.300 e. The van der Waals surface area contributed by atoms with Gasteiger partial charge in [0.1, 0.15) is 0 Å². The monoisotopic (exact) mass is 314 g/mol. The molecule has 23 heavy (non-hydrogen) atoms. The van der Waals surface area contributed by atoms with Crippen LogP contribution in [0.3, 0.4) is 0 Å². The second kappa shape index (κ2) is 12.1. The fourth-order valence-electron chi connectivity index (χ4n) is 2.79. The Morgan fingerprint density at radius 3 is 2.22 bits per heavy atom. The summed E-state index contributed by atoms with van der Waals surface area (Å²) in [6, 6.07) is 11.2. The molecule has 2 heteroatoms. The quantitative estimate of drug-likeness (QED) is 0.544. The van der Waals surface area contributed by atoms with Gasteiger partial charge in [-0.2, -0.15) is 0 Å². The van der Waals surface area contributed by atoms with Gasteiger partial charge in [-0.15, -0.1) is 0 Å². The van der Waals surface area contributed by atoms with Crippen molar-refractivity contribution < 1.29 is 0 Å². The number of nitrogens with zero attached hydrogens (tertiary/aromatic N) is 2. The highest BCUT2D eigenvalue weighted by molar-refractivity contribution is 5.15. The van der Waals surface area contributed by atoms with E-state index in [0.717, 1.165) is 39.1 Å². The van der Waals surface area contributed by atoms with E-state index >= 15 is 0 Å². The Bertz CT molecular complexity index is 446. The maximum absolute atomic E-state index is 2.54. The van der Waals surface area contributed by atoms with E-state index in [1.54, 1.807) is 0 Å². The first kappa shape index (κ1) is 19.7. The van der Waals surface area contributed by atoms with Crippen molar-refractivity contribution in [2.75, 3.05) is 26.2 Å². The average Bonchev–Trinajstić information content (AvgIpc) is 2.60. The first-order chi connectivity index (χ1) is 11.2. The van der Waals surface area contributed by atoms with E-state index in [2.05, 4.69) is 92.1 Å². The van der Waals surface area contributed by atoms with Crippen molar-refractivity contribution in [2.24, 2.45) is 0 Å². The van der Waals surface area contributed by atoms with Crippen molar-refractivity contribution in [3.63, 3.8) is 0 Å². The van der Waals surface area contributed by atoms with E-state index < -0.39 is 0 Å². The summed E-state index contributed by atoms with van der Waals surface area (Å²) >= 11 is 0. The van der Waals surface area contributed by atoms with Crippen LogP contribution in [0.4, 0.5) is 0 Å². The predicted octanol–water partition coefficient (Wildman–Crippen LogP) is 4.74. The maximum Gasteiger partial charge on any atom is 0.0316 e. The minimum atomic E-state index is 0.471. The van der Waals surface area contributed by atoms with Crippen molar-refractivity contribution in [3.05, 3.63) is 60.2 Å². The number of allylic oxidation sites excluding steroid dienone is 1. The van der Waals surface area contributed by atoms with Gasteiger partial charge in [-0.05, 0) is 38.5 Å². The Morgan fingerprint density at radius 2 is 1.65 bits per heavy atom. The highest BCUT2D eigenvalue weighted by atomic mass is 15.1. The lowest BCUT2D eigenvalue weighted by Gasteiger charge is -2.28. The van der Waals surface area contributed by atoms with Crippen molar-refractivity contribution >= 4 is 0 Å². The van der Waals surface area contributed by atoms with Crippen molar-refractivity contribution in [1.29, 1.82) is 0 Å². The molecule has 0 N–H and O–H groups in total. The van der Waals surface area contributed by atoms with Gasteiger partial charge in [0.15, 0.2) is 0 Å². The summed E-state index contributed by atoms with van der Waals surface area (Å²) in [4.78, 5) is 4.97. The van der Waals surface area contributed by atoms with Gasteiger partial charge in [0, 0.05) is 19.1 Å². The minimum Gasteiger partial charge on any atom is -0.300 e. The molecule has 0 aliphatic heterocycles. The van der Waals surface area contributed by atoms with Crippen LogP contribution in [0.2, 0.25) is 0 Å². The molecule has 0 heterocycles. The predicted molar refractivity (Wildman–Crippen MR) is 103 cm³/mol. The Morgan fingerprint density at radius 1 is 0.957 bits per heavy atom. The number of hydrogen-bond donors (Lipinski definition) is 0. The summed E-state index contributed by atoms with van der Waals surface area (Å²) < 4.78 is 0. The second-order valence-corrected chi connectivity index (χ2v) is 5.83. The topological polar surface area (TPSA) is 6.48 Å². The second-order valence-electron chi connectivity index (χ2n) is 5.83. The zero-order valence-corrected chi connectivity index (χ0v) is 15.4. The van der Waals surface area contributed by atoms with Crippen LogP contribution in [-0.2, 0) is 6.54 Å². The Labute approximate surface area is 143 Å². The lowest BCUT2D eigenvalue weighted by Crippen LogP contribution is -2.33. The molecule has 0 saturated heterocycles. The Balaban J connectivity index is 2.62. The normalized spacial score (nSPS) is 13.7. The van der Waals surface area contributed by atoms with Gasteiger partial charge in [0.05, 0.1) is 0 Å². The smallest absolute Gasteiger partial charge is 0.0316 e. The van der Waals surface area contributed by atoms with Crippen LogP contribution >= 0.6 is 0 Å². The molecule has 0 spiro atoms. The first-order valence-electron chi connectivity index (χ1n) is 9.03. The molecule has 1 aromatic rings. The van der Waals surface area contributed by atoms with Crippen molar-refractivity contribution in [2.45, 2.75) is 46.7 Å². The number of benzene rings is 1. The third kappa shape index (κ3) is 7.62. The maximum atomic E-state index is 2.54. The lowest BCUT2D eigenvalue weighted by molar-refractivity contribution is 0.232. The van der Waals surface area contributed by atoms with E-state index in [4.69, 9.17) is 0 Å². The van der Waals surface area contributed by atoms with Gasteiger partial charge in [0.2, 0.25) is 0 Å². The third-order valence-electron chi connectivity index (χ3n) is 4.32. The van der Waals surface area contributed by atoms with E-state index in [1.165, 1.54) is 5.56 Å². The minimum absolute atomic E-state index is 0.471. The summed E-state index contributed by atoms with van der Waals surface area (Å²) in [6.45, 7) is 14.2. The SMILES string of the molecule is CC=CC(CC=CCN(CC)CC)N(CC)Cc1ccccc1. The van der Waals surface area contributed by atoms with Crippen LogP contribution < -0.4 is 0 Å². The molecule has 0 aromatic heterocycles. The molecule has 0 amide bonds. The molecule has 1 unspecified atom stereocenters. The van der Waals surface area contributed by atoms with Gasteiger partial charge >= 0.3 is 0 Å². The van der Waals surface area contributed by atoms with E-state index in [-0.39, 0.29) is 0 Å². The zero-order valence-electron chi connectivity index (χ0n) is 15.4. The molecule has 0 aliphatic rings. The van der Waals surface area contributed by atoms with E-state index in [9.17, 15) is 0 Å². The summed E-state index contributed by atoms with van der Waals surface area (Å²) in [5, 5.41) is 0. The van der Waals surface area contributed by atoms with Gasteiger partial charge < -0.3 is 4.90 Å². The van der Waals surface area contributed by atoms with E-state index in [1.807, 2.05) is 0 Å². The number of hydrogen-bond acceptors (Lipinski definition) is 2. The van der Waals surface area contributed by atoms with Crippen LogP contribution in [-0.4, -0.2) is 42.0 Å². The molecular formula is C21H34N2. The molecule has 0 bridgehead atoms. The molecule has 0 aliphatic carbocycles. The van der Waals surface area contributed by atoms with Crippen molar-refractivity contribution in [3.8, 4) is 0 Å². The van der Waals surface area contributed by atoms with Crippen LogP contribution in [0, 0.1) is 0 Å². The number of likely N-dealkylation sites (N-methyl/N-ethyl adjacent to an activating group) is 2. The van der Waals surface area contributed by atoms with Gasteiger partial charge in [-0.3, -0.25) is 4.90 Å². The van der Waals surface area contributed by atoms with Crippen LogP contribution in [0.15, 0.2) is 54.6 Å². The van der Waals surface area contributed by atoms with E-state index in [0.29, 0.717) is 6.04 Å². The third-order valence-corrected chi connectivity index (χ3v) is 4.32. The standard InChI is InChI=1S/C21H34N2/c1-5-14-21(17-12-13-18-22(6-2)7-3)23(8-4)19-20-15-10-9-11-16-20/h5,9-16,21H,6-8,17-19H2,1-4H3. The van der Waals surface area contributed by atoms with Gasteiger partial charge in [0.25, 0.3) is 0 Å². The molecule has 128 valence electrons. The zero-order chi connectivity index (χ0) is 16.9. The molecule has 0 fully saturated rings. The molecule has 0 saturated carbocycles. The summed E-state index contributed by atoms with van der Waals surface area (Å²) in [6.07, 6.45) is 10.2. The van der Waals surface area contributed by atoms with Crippen molar-refractivity contribution in [1.82, 2.24) is 9.80 Å². The molecule has 1 aromatic carbocycles. The first-order valence-corrected chi connectivity index (χ1v) is 9.03. The van der Waals surface area contributed by atoms with Gasteiger partial charge in [-0.25, -0.2) is 0 Å². The molecular weight excluding hydrogens is 280 g/mol. The summed E-state index contributed by atoms with van der Waals surface area (Å²) in [5.74, 6) is 0. The highest BCUT2D eigenvalue weighted by Gasteiger charge is 2.13. The molecule has 0 radical (unpaired) electrons. The molecule has 2 nitrogen and oxygen atoms in total. The Hall–Kier alpha value is -1.38. The van der Waals surface area contributed by atoms with Crippen LogP contribution in [0.25, 0.3) is 0 Å². The molecule has 1 rings (SSSR count). The fraction of sp³-hybridized carbons (Fsp3) is 0.524. The summed E-state index contributed by atoms with van der Waals surface area (Å²) in [5.41, 5.74) is 1.39. The van der Waals surface area contributed by atoms with Crippen LogP contribution in [0.5, 0.6) is 0 Å². The lowest BCUT2D eigenvalue weighted by atomic mass is 10.1. The fourth-order valence-corrected chi connectivity index (χ4v) is 2.79. The molecule has 1 atom stereocenters. The average molecular weight is 315 g/mol. The Kier molecular flexibility index (Phi) is 10.3. The summed E-state index contributed by atoms with van der Waals surface area (Å²) in [7, 11) is 0. The highest BCUT2D eigenvalue weighted by Crippen LogP contribution is 2.13.